The molecule has 1 aliphatic heterocycles. The van der Waals surface area contributed by atoms with Gasteiger partial charge in [-0.25, -0.2) is 0 Å². The van der Waals surface area contributed by atoms with Crippen LogP contribution in [0.15, 0.2) is 47.4 Å². The van der Waals surface area contributed by atoms with Crippen molar-refractivity contribution >= 4 is 10.1 Å². The highest BCUT2D eigenvalue weighted by Gasteiger charge is 2.22. The van der Waals surface area contributed by atoms with Gasteiger partial charge < -0.3 is 18.4 Å². The second-order valence-electron chi connectivity index (χ2n) is 5.08. The van der Waals surface area contributed by atoms with Crippen LogP contribution in [0.25, 0.3) is 0 Å². The van der Waals surface area contributed by atoms with Crippen LogP contribution in [0.3, 0.4) is 0 Å². The van der Waals surface area contributed by atoms with E-state index in [1.807, 2.05) is 6.92 Å². The zero-order valence-corrected chi connectivity index (χ0v) is 14.0. The minimum absolute atomic E-state index is 0.00180. The molecule has 2 aromatic carbocycles. The lowest BCUT2D eigenvalue weighted by Gasteiger charge is -2.13. The number of para-hydroxylation sites is 2. The monoisotopic (exact) mass is 350 g/mol. The highest BCUT2D eigenvalue weighted by atomic mass is 32.2. The molecule has 0 radical (unpaired) electrons. The highest BCUT2D eigenvalue weighted by molar-refractivity contribution is 7.87. The van der Waals surface area contributed by atoms with Crippen LogP contribution in [0.1, 0.15) is 13.3 Å². The molecule has 0 aromatic heterocycles. The standard InChI is InChI=1S/C17H18O6S/c1-2-20-14-6-3-4-7-16(14)23-24(18,19)13-8-9-15-17(12-13)22-11-5-10-21-15/h3-4,6-9,12H,2,5,10-11H2,1H3. The van der Waals surface area contributed by atoms with Gasteiger partial charge in [-0.15, -0.1) is 0 Å². The number of benzene rings is 2. The number of rotatable bonds is 5. The maximum Gasteiger partial charge on any atom is 0.339 e. The molecule has 0 spiro atoms. The quantitative estimate of drug-likeness (QED) is 0.772. The van der Waals surface area contributed by atoms with Crippen LogP contribution in [0.4, 0.5) is 0 Å². The third kappa shape index (κ3) is 3.56. The predicted octanol–water partition coefficient (Wildman–Crippen LogP) is 3.01. The molecule has 2 aromatic rings. The maximum atomic E-state index is 12.6. The molecule has 7 heteroatoms. The Morgan fingerprint density at radius 2 is 1.71 bits per heavy atom. The van der Waals surface area contributed by atoms with E-state index in [0.29, 0.717) is 37.1 Å². The Bertz CT molecular complexity index is 816. The van der Waals surface area contributed by atoms with Gasteiger partial charge >= 0.3 is 10.1 Å². The Labute approximate surface area is 141 Å². The summed E-state index contributed by atoms with van der Waals surface area (Å²) >= 11 is 0. The van der Waals surface area contributed by atoms with Gasteiger partial charge in [-0.2, -0.15) is 8.42 Å². The van der Waals surface area contributed by atoms with Gasteiger partial charge in [0.2, 0.25) is 0 Å². The number of fused-ring (bicyclic) bond motifs is 1. The molecule has 0 N–H and O–H groups in total. The third-order valence-corrected chi connectivity index (χ3v) is 4.59. The van der Waals surface area contributed by atoms with Crippen molar-refractivity contribution in [3.63, 3.8) is 0 Å². The Kier molecular flexibility index (Phi) is 4.80. The first-order valence-corrected chi connectivity index (χ1v) is 9.07. The maximum absolute atomic E-state index is 12.6. The number of ether oxygens (including phenoxy) is 3. The van der Waals surface area contributed by atoms with Gasteiger partial charge in [0.1, 0.15) is 4.90 Å². The van der Waals surface area contributed by atoms with Gasteiger partial charge in [-0.05, 0) is 31.2 Å². The average molecular weight is 350 g/mol. The van der Waals surface area contributed by atoms with Crippen molar-refractivity contribution in [2.75, 3.05) is 19.8 Å². The Hall–Kier alpha value is -2.41. The largest absolute Gasteiger partial charge is 0.490 e. The summed E-state index contributed by atoms with van der Waals surface area (Å²) in [5, 5.41) is 0. The van der Waals surface area contributed by atoms with Crippen LogP contribution >= 0.6 is 0 Å². The SMILES string of the molecule is CCOc1ccccc1OS(=O)(=O)c1ccc2c(c1)OCCCO2. The summed E-state index contributed by atoms with van der Waals surface area (Å²) in [6.45, 7) is 3.24. The lowest BCUT2D eigenvalue weighted by molar-refractivity contribution is 0.296. The zero-order valence-electron chi connectivity index (χ0n) is 13.2. The summed E-state index contributed by atoms with van der Waals surface area (Å²) in [5.41, 5.74) is 0. The highest BCUT2D eigenvalue weighted by Crippen LogP contribution is 2.34. The van der Waals surface area contributed by atoms with E-state index in [-0.39, 0.29) is 10.6 Å². The van der Waals surface area contributed by atoms with Crippen molar-refractivity contribution in [3.05, 3.63) is 42.5 Å². The van der Waals surface area contributed by atoms with Gasteiger partial charge in [0, 0.05) is 12.5 Å². The Morgan fingerprint density at radius 1 is 1.00 bits per heavy atom. The van der Waals surface area contributed by atoms with Gasteiger partial charge in [0.05, 0.1) is 19.8 Å². The zero-order chi connectivity index (χ0) is 17.0. The molecule has 0 saturated heterocycles. The van der Waals surface area contributed by atoms with Crippen molar-refractivity contribution in [2.45, 2.75) is 18.2 Å². The summed E-state index contributed by atoms with van der Waals surface area (Å²) in [6, 6.07) is 11.1. The van der Waals surface area contributed by atoms with Crippen molar-refractivity contribution in [1.29, 1.82) is 0 Å². The molecule has 1 aliphatic rings. The summed E-state index contributed by atoms with van der Waals surface area (Å²) in [4.78, 5) is -0.00180. The van der Waals surface area contributed by atoms with E-state index < -0.39 is 10.1 Å². The van der Waals surface area contributed by atoms with E-state index in [4.69, 9.17) is 18.4 Å². The van der Waals surface area contributed by atoms with Crippen molar-refractivity contribution in [3.8, 4) is 23.0 Å². The first-order valence-electron chi connectivity index (χ1n) is 7.66. The second kappa shape index (κ2) is 7.00. The molecule has 0 unspecified atom stereocenters. The van der Waals surface area contributed by atoms with Gasteiger partial charge in [0.25, 0.3) is 0 Å². The van der Waals surface area contributed by atoms with E-state index in [1.54, 1.807) is 30.3 Å². The molecule has 0 fully saturated rings. The molecule has 0 atom stereocenters. The topological polar surface area (TPSA) is 71.1 Å². The van der Waals surface area contributed by atoms with E-state index in [0.717, 1.165) is 6.42 Å². The first kappa shape index (κ1) is 16.4. The molecule has 6 nitrogen and oxygen atoms in total. The van der Waals surface area contributed by atoms with Gasteiger partial charge in [-0.1, -0.05) is 12.1 Å². The van der Waals surface area contributed by atoms with Gasteiger partial charge in [-0.3, -0.25) is 0 Å². The van der Waals surface area contributed by atoms with Crippen LogP contribution in [0.2, 0.25) is 0 Å². The minimum atomic E-state index is -4.02. The minimum Gasteiger partial charge on any atom is -0.490 e. The molecule has 0 aliphatic carbocycles. The fraction of sp³-hybridized carbons (Fsp3) is 0.294. The van der Waals surface area contributed by atoms with E-state index in [2.05, 4.69) is 0 Å². The molecule has 24 heavy (non-hydrogen) atoms. The molecule has 0 saturated carbocycles. The van der Waals surface area contributed by atoms with Crippen molar-refractivity contribution in [1.82, 2.24) is 0 Å². The molecular formula is C17H18O6S. The van der Waals surface area contributed by atoms with Crippen LogP contribution in [-0.2, 0) is 10.1 Å². The fourth-order valence-electron chi connectivity index (χ4n) is 2.26. The van der Waals surface area contributed by atoms with Crippen molar-refractivity contribution < 1.29 is 26.8 Å². The molecule has 128 valence electrons. The average Bonchev–Trinajstić information content (AvgIpc) is 2.81. The van der Waals surface area contributed by atoms with Crippen LogP contribution in [0, 0.1) is 0 Å². The lowest BCUT2D eigenvalue weighted by atomic mass is 10.3. The smallest absolute Gasteiger partial charge is 0.339 e. The first-order chi connectivity index (χ1) is 11.6. The Morgan fingerprint density at radius 3 is 2.46 bits per heavy atom. The molecule has 3 rings (SSSR count). The fourth-order valence-corrected chi connectivity index (χ4v) is 3.22. The normalized spacial score (nSPS) is 13.9. The molecular weight excluding hydrogens is 332 g/mol. The van der Waals surface area contributed by atoms with E-state index in [1.165, 1.54) is 12.1 Å². The molecule has 0 amide bonds. The third-order valence-electron chi connectivity index (χ3n) is 3.36. The number of hydrogen-bond donors (Lipinski definition) is 0. The van der Waals surface area contributed by atoms with E-state index >= 15 is 0 Å². The van der Waals surface area contributed by atoms with Crippen LogP contribution in [0.5, 0.6) is 23.0 Å². The molecule has 0 bridgehead atoms. The lowest BCUT2D eigenvalue weighted by Crippen LogP contribution is -2.11. The van der Waals surface area contributed by atoms with Crippen LogP contribution < -0.4 is 18.4 Å². The summed E-state index contributed by atoms with van der Waals surface area (Å²) in [6.07, 6.45) is 0.745. The van der Waals surface area contributed by atoms with Crippen molar-refractivity contribution in [2.24, 2.45) is 0 Å². The summed E-state index contributed by atoms with van der Waals surface area (Å²) in [7, 11) is -4.02. The van der Waals surface area contributed by atoms with Gasteiger partial charge in [0.15, 0.2) is 23.0 Å². The second-order valence-corrected chi connectivity index (χ2v) is 6.62. The molecule has 1 heterocycles. The Balaban J connectivity index is 1.90. The summed E-state index contributed by atoms with van der Waals surface area (Å²) in [5.74, 6) is 1.45. The van der Waals surface area contributed by atoms with Crippen LogP contribution in [-0.4, -0.2) is 28.2 Å². The summed E-state index contributed by atoms with van der Waals surface area (Å²) < 4.78 is 46.8. The van der Waals surface area contributed by atoms with E-state index in [9.17, 15) is 8.42 Å². The predicted molar refractivity (Wildman–Crippen MR) is 87.5 cm³/mol. The number of hydrogen-bond acceptors (Lipinski definition) is 6.